The summed E-state index contributed by atoms with van der Waals surface area (Å²) in [5.41, 5.74) is 1.34. The number of fused-ring (bicyclic) bond motifs is 1. The van der Waals surface area contributed by atoms with Crippen LogP contribution in [0.3, 0.4) is 0 Å². The van der Waals surface area contributed by atoms with Crippen molar-refractivity contribution in [2.45, 2.75) is 46.7 Å². The number of hydrogen-bond acceptors (Lipinski definition) is 3. The maximum absolute atomic E-state index is 12.5. The van der Waals surface area contributed by atoms with Crippen LogP contribution in [0.2, 0.25) is 0 Å². The van der Waals surface area contributed by atoms with Gasteiger partial charge in [0, 0.05) is 19.7 Å². The van der Waals surface area contributed by atoms with Crippen LogP contribution in [-0.2, 0) is 17.9 Å². The van der Waals surface area contributed by atoms with E-state index in [0.29, 0.717) is 13.1 Å². The van der Waals surface area contributed by atoms with Gasteiger partial charge in [0.2, 0.25) is 5.91 Å². The Hall–Kier alpha value is -2.08. The van der Waals surface area contributed by atoms with Crippen LogP contribution in [0.1, 0.15) is 33.6 Å². The van der Waals surface area contributed by atoms with E-state index >= 15 is 0 Å². The summed E-state index contributed by atoms with van der Waals surface area (Å²) in [7, 11) is 0. The van der Waals surface area contributed by atoms with Gasteiger partial charge in [-0.05, 0) is 37.3 Å². The van der Waals surface area contributed by atoms with E-state index in [2.05, 4.69) is 5.32 Å². The van der Waals surface area contributed by atoms with Crippen molar-refractivity contribution < 1.29 is 9.90 Å². The van der Waals surface area contributed by atoms with Gasteiger partial charge in [-0.3, -0.25) is 13.9 Å². The maximum Gasteiger partial charge on any atom is 0.329 e. The van der Waals surface area contributed by atoms with Crippen molar-refractivity contribution in [2.24, 2.45) is 5.41 Å². The third-order valence-electron chi connectivity index (χ3n) is 4.32. The molecule has 2 rings (SSSR count). The topological polar surface area (TPSA) is 76.3 Å². The molecule has 0 atom stereocenters. The Morgan fingerprint density at radius 3 is 2.42 bits per heavy atom. The highest BCUT2D eigenvalue weighted by Crippen LogP contribution is 2.20. The highest BCUT2D eigenvalue weighted by atomic mass is 16.3. The number of aliphatic hydroxyl groups is 1. The minimum Gasteiger partial charge on any atom is -0.396 e. The van der Waals surface area contributed by atoms with E-state index in [1.54, 1.807) is 4.57 Å². The summed E-state index contributed by atoms with van der Waals surface area (Å²) in [6, 6.07) is 7.51. The third-order valence-corrected chi connectivity index (χ3v) is 4.32. The smallest absolute Gasteiger partial charge is 0.329 e. The van der Waals surface area contributed by atoms with Crippen molar-refractivity contribution in [3.8, 4) is 0 Å². The number of amides is 1. The van der Waals surface area contributed by atoms with Gasteiger partial charge in [0.15, 0.2) is 0 Å². The van der Waals surface area contributed by atoms with Crippen LogP contribution in [-0.4, -0.2) is 33.3 Å². The molecule has 1 aromatic carbocycles. The summed E-state index contributed by atoms with van der Waals surface area (Å²) in [4.78, 5) is 24.6. The first-order chi connectivity index (χ1) is 11.4. The van der Waals surface area contributed by atoms with Crippen LogP contribution in [0.4, 0.5) is 0 Å². The van der Waals surface area contributed by atoms with Gasteiger partial charge in [0.1, 0.15) is 6.54 Å². The zero-order valence-electron chi connectivity index (χ0n) is 14.7. The van der Waals surface area contributed by atoms with Crippen LogP contribution >= 0.6 is 0 Å². The highest BCUT2D eigenvalue weighted by Gasteiger charge is 2.16. The standard InChI is InChI=1S/C18H27N3O3/c1-4-20-14-8-5-6-9-15(14)21(17(20)24)12-16(23)19-11-7-10-18(2,3)13-22/h5-6,8-9,22H,4,7,10-13H2,1-3H3,(H,19,23). The van der Waals surface area contributed by atoms with Crippen LogP contribution in [0.5, 0.6) is 0 Å². The summed E-state index contributed by atoms with van der Waals surface area (Å²) < 4.78 is 3.19. The SMILES string of the molecule is CCn1c(=O)n(CC(=O)NCCCC(C)(C)CO)c2ccccc21. The number of carbonyl (C=O) groups is 1. The minimum absolute atomic E-state index is 0.0236. The molecule has 0 saturated carbocycles. The first-order valence-electron chi connectivity index (χ1n) is 8.45. The lowest BCUT2D eigenvalue weighted by Gasteiger charge is -2.21. The number of rotatable bonds is 8. The number of imidazole rings is 1. The molecule has 0 radical (unpaired) electrons. The van der Waals surface area contributed by atoms with E-state index in [0.717, 1.165) is 23.9 Å². The van der Waals surface area contributed by atoms with Crippen LogP contribution in [0.25, 0.3) is 11.0 Å². The average molecular weight is 333 g/mol. The highest BCUT2D eigenvalue weighted by molar-refractivity contribution is 5.80. The molecule has 1 heterocycles. The molecule has 0 spiro atoms. The molecule has 2 N–H and O–H groups in total. The van der Waals surface area contributed by atoms with Gasteiger partial charge in [-0.2, -0.15) is 0 Å². The van der Waals surface area contributed by atoms with E-state index in [1.807, 2.05) is 45.0 Å². The van der Waals surface area contributed by atoms with Crippen molar-refractivity contribution in [3.63, 3.8) is 0 Å². The Morgan fingerprint density at radius 1 is 1.21 bits per heavy atom. The van der Waals surface area contributed by atoms with Gasteiger partial charge in [-0.25, -0.2) is 4.79 Å². The predicted molar refractivity (Wildman–Crippen MR) is 95.0 cm³/mol. The molecule has 6 heteroatoms. The molecule has 0 aliphatic heterocycles. The first kappa shape index (κ1) is 18.3. The fourth-order valence-electron chi connectivity index (χ4n) is 2.80. The summed E-state index contributed by atoms with van der Waals surface area (Å²) in [5, 5.41) is 12.1. The van der Waals surface area contributed by atoms with Crippen LogP contribution in [0, 0.1) is 5.41 Å². The molecule has 0 saturated heterocycles. The van der Waals surface area contributed by atoms with E-state index in [4.69, 9.17) is 0 Å². The Bertz CT molecular complexity index is 758. The lowest BCUT2D eigenvalue weighted by Crippen LogP contribution is -2.33. The second-order valence-electron chi connectivity index (χ2n) is 6.88. The summed E-state index contributed by atoms with van der Waals surface area (Å²) in [6.45, 7) is 7.18. The summed E-state index contributed by atoms with van der Waals surface area (Å²) >= 11 is 0. The molecule has 0 bridgehead atoms. The number of aryl methyl sites for hydroxylation is 1. The van der Waals surface area contributed by atoms with Gasteiger partial charge in [0.25, 0.3) is 0 Å². The van der Waals surface area contributed by atoms with Gasteiger partial charge in [-0.15, -0.1) is 0 Å². The lowest BCUT2D eigenvalue weighted by molar-refractivity contribution is -0.121. The Labute approximate surface area is 142 Å². The molecule has 0 unspecified atom stereocenters. The maximum atomic E-state index is 12.5. The zero-order valence-corrected chi connectivity index (χ0v) is 14.7. The quantitative estimate of drug-likeness (QED) is 0.723. The molecule has 132 valence electrons. The van der Waals surface area contributed by atoms with Gasteiger partial charge in [0.05, 0.1) is 11.0 Å². The molecule has 24 heavy (non-hydrogen) atoms. The Balaban J connectivity index is 2.01. The third kappa shape index (κ3) is 4.06. The molecule has 0 aliphatic carbocycles. The zero-order chi connectivity index (χ0) is 17.7. The monoisotopic (exact) mass is 333 g/mol. The molecule has 1 aromatic heterocycles. The largest absolute Gasteiger partial charge is 0.396 e. The van der Waals surface area contributed by atoms with Crippen molar-refractivity contribution in [1.82, 2.24) is 14.5 Å². The first-order valence-corrected chi connectivity index (χ1v) is 8.45. The van der Waals surface area contributed by atoms with E-state index in [-0.39, 0.29) is 30.2 Å². The number of carbonyl (C=O) groups excluding carboxylic acids is 1. The molecule has 2 aromatic rings. The number of aliphatic hydroxyl groups excluding tert-OH is 1. The Kier molecular flexibility index (Phi) is 5.83. The number of benzene rings is 1. The molecule has 6 nitrogen and oxygen atoms in total. The number of nitrogens with zero attached hydrogens (tertiary/aromatic N) is 2. The summed E-state index contributed by atoms with van der Waals surface area (Å²) in [5.74, 6) is -0.169. The number of nitrogens with one attached hydrogen (secondary N) is 1. The second-order valence-corrected chi connectivity index (χ2v) is 6.88. The van der Waals surface area contributed by atoms with Gasteiger partial charge < -0.3 is 10.4 Å². The Morgan fingerprint density at radius 2 is 1.83 bits per heavy atom. The second kappa shape index (κ2) is 7.66. The van der Waals surface area contributed by atoms with Crippen molar-refractivity contribution in [1.29, 1.82) is 0 Å². The van der Waals surface area contributed by atoms with E-state index in [9.17, 15) is 14.7 Å². The van der Waals surface area contributed by atoms with Crippen LogP contribution < -0.4 is 11.0 Å². The van der Waals surface area contributed by atoms with Crippen LogP contribution in [0.15, 0.2) is 29.1 Å². The average Bonchev–Trinajstić information content (AvgIpc) is 2.83. The minimum atomic E-state index is -0.169. The number of para-hydroxylation sites is 2. The van der Waals surface area contributed by atoms with Crippen molar-refractivity contribution in [3.05, 3.63) is 34.7 Å². The normalized spacial score (nSPS) is 11.8. The van der Waals surface area contributed by atoms with E-state index in [1.165, 1.54) is 4.57 Å². The molecule has 0 aliphatic rings. The predicted octanol–water partition coefficient (Wildman–Crippen LogP) is 1.74. The van der Waals surface area contributed by atoms with Gasteiger partial charge in [-0.1, -0.05) is 26.0 Å². The fourth-order valence-corrected chi connectivity index (χ4v) is 2.80. The van der Waals surface area contributed by atoms with Gasteiger partial charge >= 0.3 is 5.69 Å². The van der Waals surface area contributed by atoms with E-state index < -0.39 is 0 Å². The molecular weight excluding hydrogens is 306 g/mol. The van der Waals surface area contributed by atoms with Crippen molar-refractivity contribution in [2.75, 3.05) is 13.2 Å². The summed E-state index contributed by atoms with van der Waals surface area (Å²) in [6.07, 6.45) is 1.63. The lowest BCUT2D eigenvalue weighted by atomic mass is 9.89. The molecule has 0 fully saturated rings. The molecular formula is C18H27N3O3. The number of hydrogen-bond donors (Lipinski definition) is 2. The fraction of sp³-hybridized carbons (Fsp3) is 0.556. The number of aromatic nitrogens is 2. The van der Waals surface area contributed by atoms with Crippen molar-refractivity contribution >= 4 is 16.9 Å². The molecule has 1 amide bonds.